The van der Waals surface area contributed by atoms with Crippen LogP contribution in [-0.4, -0.2) is 15.5 Å². The molecule has 0 bridgehead atoms. The lowest BCUT2D eigenvalue weighted by Gasteiger charge is -2.10. The first-order valence-corrected chi connectivity index (χ1v) is 6.73. The highest BCUT2D eigenvalue weighted by Crippen LogP contribution is 2.25. The summed E-state index contributed by atoms with van der Waals surface area (Å²) in [5.41, 5.74) is -1.14. The highest BCUT2D eigenvalue weighted by Gasteiger charge is 2.34. The van der Waals surface area contributed by atoms with Crippen molar-refractivity contribution in [1.29, 1.82) is 0 Å². The summed E-state index contributed by atoms with van der Waals surface area (Å²) in [5.74, 6) is -0.574. The molecule has 2 aromatic rings. The Morgan fingerprint density at radius 2 is 2.00 bits per heavy atom. The number of halogens is 3. The van der Waals surface area contributed by atoms with Crippen molar-refractivity contribution in [1.82, 2.24) is 14.9 Å². The zero-order chi connectivity index (χ0) is 17.0. The van der Waals surface area contributed by atoms with E-state index in [1.165, 1.54) is 0 Å². The number of alkyl halides is 3. The van der Waals surface area contributed by atoms with E-state index in [9.17, 15) is 22.8 Å². The third-order valence-electron chi connectivity index (χ3n) is 3.05. The Balaban J connectivity index is 2.05. The molecular weight excluding hydrogens is 311 g/mol. The van der Waals surface area contributed by atoms with Crippen molar-refractivity contribution < 1.29 is 18.0 Å². The Hall–Kier alpha value is -2.64. The van der Waals surface area contributed by atoms with E-state index in [1.54, 1.807) is 25.1 Å². The van der Waals surface area contributed by atoms with Crippen LogP contribution in [0.3, 0.4) is 0 Å². The van der Waals surface area contributed by atoms with Crippen LogP contribution < -0.4 is 10.9 Å². The van der Waals surface area contributed by atoms with Crippen LogP contribution in [0.5, 0.6) is 0 Å². The van der Waals surface area contributed by atoms with Gasteiger partial charge in [0.15, 0.2) is 0 Å². The summed E-state index contributed by atoms with van der Waals surface area (Å²) in [6.45, 7) is 1.44. The van der Waals surface area contributed by atoms with Crippen molar-refractivity contribution >= 4 is 5.91 Å². The Labute approximate surface area is 129 Å². The van der Waals surface area contributed by atoms with Crippen LogP contribution in [0.2, 0.25) is 0 Å². The van der Waals surface area contributed by atoms with Crippen LogP contribution in [0.25, 0.3) is 0 Å². The number of hydrogen-bond donors (Lipinski definition) is 1. The van der Waals surface area contributed by atoms with E-state index in [-0.39, 0.29) is 6.54 Å². The predicted octanol–water partition coefficient (Wildman–Crippen LogP) is 1.89. The molecule has 0 saturated heterocycles. The van der Waals surface area contributed by atoms with Gasteiger partial charge in [-0.05, 0) is 31.2 Å². The fourth-order valence-electron chi connectivity index (χ4n) is 1.97. The molecule has 5 nitrogen and oxygen atoms in total. The lowest BCUT2D eigenvalue weighted by molar-refractivity contribution is -0.139. The monoisotopic (exact) mass is 325 g/mol. The van der Waals surface area contributed by atoms with Crippen molar-refractivity contribution in [2.24, 2.45) is 0 Å². The standard InChI is InChI=1S/C15H14F3N3O2/c1-10-4-2-5-11(20-10)8-19-13(22)9-21-7-3-6-12(14(21)23)15(16,17)18/h2-7H,8-9H2,1H3,(H,19,22). The average molecular weight is 325 g/mol. The Morgan fingerprint density at radius 3 is 2.65 bits per heavy atom. The normalized spacial score (nSPS) is 11.3. The lowest BCUT2D eigenvalue weighted by atomic mass is 10.2. The zero-order valence-corrected chi connectivity index (χ0v) is 12.2. The average Bonchev–Trinajstić information content (AvgIpc) is 2.46. The molecule has 2 heterocycles. The van der Waals surface area contributed by atoms with Gasteiger partial charge in [0.2, 0.25) is 5.91 Å². The Morgan fingerprint density at radius 1 is 1.26 bits per heavy atom. The molecule has 1 N–H and O–H groups in total. The molecule has 0 aromatic carbocycles. The van der Waals surface area contributed by atoms with E-state index in [4.69, 9.17) is 0 Å². The number of aryl methyl sites for hydroxylation is 1. The number of hydrogen-bond acceptors (Lipinski definition) is 3. The van der Waals surface area contributed by atoms with Gasteiger partial charge in [0, 0.05) is 11.9 Å². The summed E-state index contributed by atoms with van der Waals surface area (Å²) in [6.07, 6.45) is -3.61. The molecule has 0 saturated carbocycles. The van der Waals surface area contributed by atoms with Crippen molar-refractivity contribution in [3.05, 3.63) is 63.8 Å². The van der Waals surface area contributed by atoms with E-state index in [0.717, 1.165) is 22.5 Å². The summed E-state index contributed by atoms with van der Waals surface area (Å²) < 4.78 is 38.7. The first kappa shape index (κ1) is 16.7. The molecule has 0 atom stereocenters. The van der Waals surface area contributed by atoms with Gasteiger partial charge < -0.3 is 9.88 Å². The molecule has 122 valence electrons. The van der Waals surface area contributed by atoms with E-state index in [2.05, 4.69) is 10.3 Å². The smallest absolute Gasteiger partial charge is 0.349 e. The maximum absolute atomic E-state index is 12.7. The predicted molar refractivity (Wildman–Crippen MR) is 76.5 cm³/mol. The molecule has 1 amide bonds. The fraction of sp³-hybridized carbons (Fsp3) is 0.267. The van der Waals surface area contributed by atoms with Gasteiger partial charge in [0.25, 0.3) is 5.56 Å². The van der Waals surface area contributed by atoms with E-state index >= 15 is 0 Å². The fourth-order valence-corrected chi connectivity index (χ4v) is 1.97. The molecule has 0 radical (unpaired) electrons. The summed E-state index contributed by atoms with van der Waals surface area (Å²) in [7, 11) is 0. The van der Waals surface area contributed by atoms with Gasteiger partial charge in [-0.15, -0.1) is 0 Å². The van der Waals surface area contributed by atoms with Crippen LogP contribution in [-0.2, 0) is 24.1 Å². The van der Waals surface area contributed by atoms with Crippen LogP contribution in [0.1, 0.15) is 17.0 Å². The number of nitrogens with one attached hydrogen (secondary N) is 1. The molecule has 0 aliphatic carbocycles. The van der Waals surface area contributed by atoms with Gasteiger partial charge in [-0.1, -0.05) is 6.07 Å². The van der Waals surface area contributed by atoms with Crippen LogP contribution >= 0.6 is 0 Å². The highest BCUT2D eigenvalue weighted by molar-refractivity contribution is 5.75. The SMILES string of the molecule is Cc1cccc(CNC(=O)Cn2cccc(C(F)(F)F)c2=O)n1. The number of aromatic nitrogens is 2. The van der Waals surface area contributed by atoms with E-state index in [0.29, 0.717) is 11.8 Å². The van der Waals surface area contributed by atoms with Crippen molar-refractivity contribution in [3.63, 3.8) is 0 Å². The van der Waals surface area contributed by atoms with Crippen molar-refractivity contribution in [3.8, 4) is 0 Å². The minimum atomic E-state index is -4.75. The van der Waals surface area contributed by atoms with Crippen molar-refractivity contribution in [2.45, 2.75) is 26.2 Å². The van der Waals surface area contributed by atoms with Gasteiger partial charge in [0.1, 0.15) is 12.1 Å². The van der Waals surface area contributed by atoms with Gasteiger partial charge in [-0.25, -0.2) is 0 Å². The van der Waals surface area contributed by atoms with Crippen LogP contribution in [0.15, 0.2) is 41.3 Å². The summed E-state index contributed by atoms with van der Waals surface area (Å²) in [6, 6.07) is 7.06. The molecule has 2 rings (SSSR count). The molecule has 0 fully saturated rings. The maximum Gasteiger partial charge on any atom is 0.421 e. The zero-order valence-electron chi connectivity index (χ0n) is 12.2. The second-order valence-corrected chi connectivity index (χ2v) is 4.90. The molecule has 2 aromatic heterocycles. The lowest BCUT2D eigenvalue weighted by Crippen LogP contribution is -2.34. The summed E-state index contributed by atoms with van der Waals surface area (Å²) in [5, 5.41) is 2.52. The Kier molecular flexibility index (Phi) is 4.83. The van der Waals surface area contributed by atoms with E-state index < -0.39 is 29.8 Å². The van der Waals surface area contributed by atoms with Crippen LogP contribution in [0.4, 0.5) is 13.2 Å². The topological polar surface area (TPSA) is 64.0 Å². The number of pyridine rings is 2. The van der Waals surface area contributed by atoms with Gasteiger partial charge in [0.05, 0.1) is 12.2 Å². The third-order valence-corrected chi connectivity index (χ3v) is 3.05. The number of rotatable bonds is 4. The second-order valence-electron chi connectivity index (χ2n) is 4.90. The first-order valence-electron chi connectivity index (χ1n) is 6.73. The number of carbonyl (C=O) groups is 1. The Bertz CT molecular complexity index is 769. The molecule has 0 aliphatic rings. The van der Waals surface area contributed by atoms with Crippen LogP contribution in [0, 0.1) is 6.92 Å². The van der Waals surface area contributed by atoms with E-state index in [1.807, 2.05) is 0 Å². The second kappa shape index (κ2) is 6.64. The minimum absolute atomic E-state index is 0.133. The quantitative estimate of drug-likeness (QED) is 0.934. The highest BCUT2D eigenvalue weighted by atomic mass is 19.4. The number of amides is 1. The first-order chi connectivity index (χ1) is 10.8. The molecular formula is C15H14F3N3O2. The largest absolute Gasteiger partial charge is 0.421 e. The minimum Gasteiger partial charge on any atom is -0.349 e. The number of nitrogens with zero attached hydrogens (tertiary/aromatic N) is 2. The molecule has 0 unspecified atom stereocenters. The summed E-state index contributed by atoms with van der Waals surface area (Å²) in [4.78, 5) is 27.7. The maximum atomic E-state index is 12.7. The van der Waals surface area contributed by atoms with Gasteiger partial charge in [-0.2, -0.15) is 13.2 Å². The molecule has 8 heteroatoms. The molecule has 23 heavy (non-hydrogen) atoms. The number of carbonyl (C=O) groups excluding carboxylic acids is 1. The van der Waals surface area contributed by atoms with Gasteiger partial charge in [-0.3, -0.25) is 14.6 Å². The summed E-state index contributed by atoms with van der Waals surface area (Å²) >= 11 is 0. The van der Waals surface area contributed by atoms with Crippen molar-refractivity contribution in [2.75, 3.05) is 0 Å². The third kappa shape index (κ3) is 4.41. The van der Waals surface area contributed by atoms with Gasteiger partial charge >= 0.3 is 6.18 Å². The molecule has 0 aliphatic heterocycles. The molecule has 0 spiro atoms.